The van der Waals surface area contributed by atoms with Gasteiger partial charge in [-0.2, -0.15) is 0 Å². The van der Waals surface area contributed by atoms with Crippen molar-refractivity contribution in [1.29, 1.82) is 0 Å². The van der Waals surface area contributed by atoms with E-state index in [0.29, 0.717) is 27.8 Å². The van der Waals surface area contributed by atoms with Crippen LogP contribution >= 0.6 is 0 Å². The monoisotopic (exact) mass is 263 g/mol. The zero-order valence-electron chi connectivity index (χ0n) is 11.7. The zero-order chi connectivity index (χ0) is 14.9. The van der Waals surface area contributed by atoms with Crippen molar-refractivity contribution in [2.75, 3.05) is 0 Å². The molecule has 5 heteroatoms. The van der Waals surface area contributed by atoms with Crippen LogP contribution in [0.3, 0.4) is 0 Å². The lowest BCUT2D eigenvalue weighted by atomic mass is 9.85. The van der Waals surface area contributed by atoms with Gasteiger partial charge in [0.05, 0.1) is 0 Å². The average molecular weight is 263 g/mol. The van der Waals surface area contributed by atoms with Crippen molar-refractivity contribution in [3.63, 3.8) is 0 Å². The zero-order valence-corrected chi connectivity index (χ0v) is 11.7. The fourth-order valence-corrected chi connectivity index (χ4v) is 2.67. The number of carbonyl (C=O) groups excluding carboxylic acids is 3. The summed E-state index contributed by atoms with van der Waals surface area (Å²) >= 11 is 0. The summed E-state index contributed by atoms with van der Waals surface area (Å²) in [7, 11) is 0. The molecule has 0 aliphatic heterocycles. The number of carbonyl (C=O) groups is 3. The van der Waals surface area contributed by atoms with Crippen molar-refractivity contribution in [1.82, 2.24) is 5.48 Å². The molecule has 0 radical (unpaired) electrons. The molecule has 19 heavy (non-hydrogen) atoms. The summed E-state index contributed by atoms with van der Waals surface area (Å²) in [6, 6.07) is 0. The van der Waals surface area contributed by atoms with E-state index in [1.54, 1.807) is 26.3 Å². The van der Waals surface area contributed by atoms with Crippen molar-refractivity contribution < 1.29 is 19.6 Å². The van der Waals surface area contributed by atoms with E-state index in [-0.39, 0.29) is 17.1 Å². The maximum Gasteiger partial charge on any atom is 0.275 e. The number of rotatable bonds is 3. The smallest absolute Gasteiger partial charge is 0.275 e. The van der Waals surface area contributed by atoms with Crippen LogP contribution in [0.2, 0.25) is 0 Å². The Morgan fingerprint density at radius 3 is 1.37 bits per heavy atom. The number of hydroxylamine groups is 1. The first-order valence-corrected chi connectivity index (χ1v) is 5.84. The second-order valence-corrected chi connectivity index (χ2v) is 4.55. The molecule has 0 unspecified atom stereocenters. The van der Waals surface area contributed by atoms with E-state index in [9.17, 15) is 14.4 Å². The lowest BCUT2D eigenvalue weighted by Crippen LogP contribution is -2.24. The van der Waals surface area contributed by atoms with Crippen LogP contribution in [0, 0.1) is 20.8 Å². The van der Waals surface area contributed by atoms with Gasteiger partial charge >= 0.3 is 0 Å². The van der Waals surface area contributed by atoms with Gasteiger partial charge in [0.1, 0.15) is 0 Å². The standard InChI is InChI=1S/C14H17NO4/c1-6-11(9(4)16)7(2)13(14(18)15-19)8(3)12(6)10(5)17/h19H,1-5H3,(H,15,18). The highest BCUT2D eigenvalue weighted by atomic mass is 16.5. The molecule has 0 saturated heterocycles. The summed E-state index contributed by atoms with van der Waals surface area (Å²) in [6.45, 7) is 7.72. The second-order valence-electron chi connectivity index (χ2n) is 4.55. The van der Waals surface area contributed by atoms with Crippen LogP contribution in [0.15, 0.2) is 0 Å². The van der Waals surface area contributed by atoms with Crippen LogP contribution in [-0.4, -0.2) is 22.7 Å². The highest BCUT2D eigenvalue weighted by Crippen LogP contribution is 2.28. The first kappa shape index (κ1) is 15.0. The largest absolute Gasteiger partial charge is 0.294 e. The molecule has 0 heterocycles. The van der Waals surface area contributed by atoms with E-state index in [1.807, 2.05) is 0 Å². The van der Waals surface area contributed by atoms with Crippen LogP contribution in [0.5, 0.6) is 0 Å². The highest BCUT2D eigenvalue weighted by molar-refractivity contribution is 6.09. The summed E-state index contributed by atoms with van der Waals surface area (Å²) in [6.07, 6.45) is 0. The lowest BCUT2D eigenvalue weighted by Gasteiger charge is -2.18. The van der Waals surface area contributed by atoms with Gasteiger partial charge in [-0.3, -0.25) is 19.6 Å². The predicted octanol–water partition coefficient (Wildman–Crippen LogP) is 2.14. The minimum absolute atomic E-state index is 0.170. The van der Waals surface area contributed by atoms with Gasteiger partial charge in [0.25, 0.3) is 5.91 Å². The van der Waals surface area contributed by atoms with Crippen LogP contribution in [-0.2, 0) is 0 Å². The van der Waals surface area contributed by atoms with Crippen molar-refractivity contribution in [3.8, 4) is 0 Å². The first-order chi connectivity index (χ1) is 8.73. The van der Waals surface area contributed by atoms with E-state index in [4.69, 9.17) is 5.21 Å². The second kappa shape index (κ2) is 5.32. The van der Waals surface area contributed by atoms with E-state index in [0.717, 1.165) is 0 Å². The van der Waals surface area contributed by atoms with Crippen LogP contribution in [0.4, 0.5) is 0 Å². The van der Waals surface area contributed by atoms with Gasteiger partial charge in [-0.25, -0.2) is 5.48 Å². The van der Waals surface area contributed by atoms with Crippen molar-refractivity contribution >= 4 is 17.5 Å². The van der Waals surface area contributed by atoms with E-state index < -0.39 is 5.91 Å². The molecule has 0 saturated carbocycles. The molecule has 1 amide bonds. The van der Waals surface area contributed by atoms with Gasteiger partial charge in [-0.1, -0.05) is 0 Å². The van der Waals surface area contributed by atoms with Gasteiger partial charge in [-0.05, 0) is 51.3 Å². The Morgan fingerprint density at radius 1 is 0.789 bits per heavy atom. The number of ketones is 2. The molecule has 0 atom stereocenters. The quantitative estimate of drug-likeness (QED) is 0.497. The van der Waals surface area contributed by atoms with Gasteiger partial charge in [-0.15, -0.1) is 0 Å². The SMILES string of the molecule is CC(=O)c1c(C)c(C(C)=O)c(C)c(C(=O)NO)c1C. The molecule has 102 valence electrons. The lowest BCUT2D eigenvalue weighted by molar-refractivity contribution is 0.0705. The summed E-state index contributed by atoms with van der Waals surface area (Å²) in [4.78, 5) is 35.2. The molecular weight excluding hydrogens is 246 g/mol. The minimum Gasteiger partial charge on any atom is -0.294 e. The number of Topliss-reactive ketones (excluding diaryl/α,β-unsaturated/α-hetero) is 2. The third-order valence-corrected chi connectivity index (χ3v) is 3.28. The number of benzene rings is 1. The number of hydrogen-bond donors (Lipinski definition) is 2. The van der Waals surface area contributed by atoms with Crippen LogP contribution < -0.4 is 5.48 Å². The van der Waals surface area contributed by atoms with Gasteiger partial charge in [0, 0.05) is 16.7 Å². The van der Waals surface area contributed by atoms with E-state index in [2.05, 4.69) is 0 Å². The summed E-state index contributed by atoms with van der Waals surface area (Å²) in [5.74, 6) is -1.16. The Hall–Kier alpha value is -2.01. The Balaban J connectivity index is 3.90. The Morgan fingerprint density at radius 2 is 1.11 bits per heavy atom. The molecule has 2 N–H and O–H groups in total. The maximum absolute atomic E-state index is 11.7. The normalized spacial score (nSPS) is 10.2. The summed E-state index contributed by atoms with van der Waals surface area (Å²) in [5, 5.41) is 8.80. The number of amides is 1. The fraction of sp³-hybridized carbons (Fsp3) is 0.357. The molecular formula is C14H17NO4. The van der Waals surface area contributed by atoms with Crippen molar-refractivity contribution in [2.24, 2.45) is 0 Å². The molecule has 0 fully saturated rings. The Kier molecular flexibility index (Phi) is 4.21. The number of hydrogen-bond acceptors (Lipinski definition) is 4. The van der Waals surface area contributed by atoms with Gasteiger partial charge < -0.3 is 0 Å². The fourth-order valence-electron chi connectivity index (χ4n) is 2.67. The van der Waals surface area contributed by atoms with E-state index >= 15 is 0 Å². The molecule has 1 aromatic rings. The van der Waals surface area contributed by atoms with Crippen molar-refractivity contribution in [2.45, 2.75) is 34.6 Å². The first-order valence-electron chi connectivity index (χ1n) is 5.84. The van der Waals surface area contributed by atoms with Crippen molar-refractivity contribution in [3.05, 3.63) is 33.4 Å². The molecule has 0 spiro atoms. The topological polar surface area (TPSA) is 83.5 Å². The highest BCUT2D eigenvalue weighted by Gasteiger charge is 2.24. The molecule has 5 nitrogen and oxygen atoms in total. The molecule has 0 aliphatic carbocycles. The summed E-state index contributed by atoms with van der Waals surface area (Å²) in [5.41, 5.74) is 3.95. The Labute approximate surface area is 111 Å². The van der Waals surface area contributed by atoms with Crippen LogP contribution in [0.1, 0.15) is 61.6 Å². The third kappa shape index (κ3) is 2.42. The predicted molar refractivity (Wildman–Crippen MR) is 69.9 cm³/mol. The summed E-state index contributed by atoms with van der Waals surface area (Å²) < 4.78 is 0. The maximum atomic E-state index is 11.7. The average Bonchev–Trinajstić information content (AvgIpc) is 2.26. The van der Waals surface area contributed by atoms with E-state index in [1.165, 1.54) is 13.8 Å². The molecule has 1 rings (SSSR count). The Bertz CT molecular complexity index is 547. The molecule has 0 aromatic heterocycles. The minimum atomic E-state index is -0.722. The van der Waals surface area contributed by atoms with Gasteiger partial charge in [0.2, 0.25) is 0 Å². The third-order valence-electron chi connectivity index (χ3n) is 3.28. The van der Waals surface area contributed by atoms with Crippen LogP contribution in [0.25, 0.3) is 0 Å². The molecule has 0 aliphatic rings. The number of nitrogens with one attached hydrogen (secondary N) is 1. The molecule has 1 aromatic carbocycles. The molecule has 0 bridgehead atoms. The van der Waals surface area contributed by atoms with Gasteiger partial charge in [0.15, 0.2) is 11.6 Å².